The molecule has 2 aromatic rings. The van der Waals surface area contributed by atoms with Gasteiger partial charge in [-0.1, -0.05) is 0 Å². The zero-order valence-electron chi connectivity index (χ0n) is 14.7. The van der Waals surface area contributed by atoms with E-state index in [-0.39, 0.29) is 6.61 Å². The SMILES string of the molecule is CSc1nc(CCC(CO)NC(=O)OC(C)(C)C)cn2c(Br)cnc12. The fourth-order valence-electron chi connectivity index (χ4n) is 2.24. The van der Waals surface area contributed by atoms with Crippen LogP contribution in [0.5, 0.6) is 0 Å². The fourth-order valence-corrected chi connectivity index (χ4v) is 3.16. The lowest BCUT2D eigenvalue weighted by Gasteiger charge is -2.22. The number of aliphatic hydroxyl groups excluding tert-OH is 1. The average Bonchev–Trinajstić information content (AvgIpc) is 2.90. The molecule has 0 aliphatic rings. The van der Waals surface area contributed by atoms with Gasteiger partial charge in [0.15, 0.2) is 5.65 Å². The lowest BCUT2D eigenvalue weighted by molar-refractivity contribution is 0.0479. The summed E-state index contributed by atoms with van der Waals surface area (Å²) in [6, 6.07) is -0.392. The van der Waals surface area contributed by atoms with Crippen LogP contribution in [0.25, 0.3) is 5.65 Å². The summed E-state index contributed by atoms with van der Waals surface area (Å²) in [6.07, 6.45) is 6.23. The fraction of sp³-hybridized carbons (Fsp3) is 0.562. The number of aryl methyl sites for hydroxylation is 1. The molecule has 9 heteroatoms. The summed E-state index contributed by atoms with van der Waals surface area (Å²) < 4.78 is 8.01. The van der Waals surface area contributed by atoms with Gasteiger partial charge in [0.2, 0.25) is 0 Å². The summed E-state index contributed by atoms with van der Waals surface area (Å²) in [5, 5.41) is 13.0. The summed E-state index contributed by atoms with van der Waals surface area (Å²) in [4.78, 5) is 20.8. The Labute approximate surface area is 159 Å². The zero-order chi connectivity index (χ0) is 18.6. The van der Waals surface area contributed by atoms with Crippen LogP contribution in [0.2, 0.25) is 0 Å². The molecule has 7 nitrogen and oxygen atoms in total. The number of thioether (sulfide) groups is 1. The Morgan fingerprint density at radius 2 is 2.24 bits per heavy atom. The first kappa shape index (κ1) is 20.0. The number of hydrogen-bond acceptors (Lipinski definition) is 6. The van der Waals surface area contributed by atoms with Crippen LogP contribution in [0.3, 0.4) is 0 Å². The number of carbonyl (C=O) groups excluding carboxylic acids is 1. The van der Waals surface area contributed by atoms with E-state index >= 15 is 0 Å². The molecule has 2 N–H and O–H groups in total. The van der Waals surface area contributed by atoms with E-state index in [1.165, 1.54) is 11.8 Å². The molecule has 1 unspecified atom stereocenters. The van der Waals surface area contributed by atoms with E-state index in [1.807, 2.05) is 16.9 Å². The van der Waals surface area contributed by atoms with Crippen molar-refractivity contribution in [1.82, 2.24) is 19.7 Å². The largest absolute Gasteiger partial charge is 0.444 e. The standard InChI is InChI=1S/C16H23BrN4O3S/c1-16(2,3)24-15(23)20-11(9-22)6-5-10-8-21-12(17)7-18-13(21)14(19-10)25-4/h7-8,11,22H,5-6,9H2,1-4H3,(H,20,23). The molecule has 0 spiro atoms. The number of nitrogens with zero attached hydrogens (tertiary/aromatic N) is 3. The number of carbonyl (C=O) groups is 1. The molecule has 0 saturated heterocycles. The molecule has 0 saturated carbocycles. The Morgan fingerprint density at radius 3 is 2.84 bits per heavy atom. The van der Waals surface area contributed by atoms with Gasteiger partial charge in [0.05, 0.1) is 24.5 Å². The van der Waals surface area contributed by atoms with E-state index in [1.54, 1.807) is 27.0 Å². The highest BCUT2D eigenvalue weighted by Gasteiger charge is 2.19. The third-order valence-electron chi connectivity index (χ3n) is 3.35. The first-order chi connectivity index (χ1) is 11.7. The van der Waals surface area contributed by atoms with Crippen molar-refractivity contribution >= 4 is 39.4 Å². The maximum Gasteiger partial charge on any atom is 0.407 e. The van der Waals surface area contributed by atoms with Crippen LogP contribution in [0.1, 0.15) is 32.9 Å². The van der Waals surface area contributed by atoms with Gasteiger partial charge in [-0.15, -0.1) is 11.8 Å². The van der Waals surface area contributed by atoms with Crippen molar-refractivity contribution < 1.29 is 14.6 Å². The number of aliphatic hydroxyl groups is 1. The summed E-state index contributed by atoms with van der Waals surface area (Å²) in [5.74, 6) is 0. The quantitative estimate of drug-likeness (QED) is 0.684. The maximum absolute atomic E-state index is 11.8. The molecule has 0 radical (unpaired) electrons. The molecule has 2 heterocycles. The van der Waals surface area contributed by atoms with Gasteiger partial charge >= 0.3 is 6.09 Å². The molecule has 0 aliphatic carbocycles. The van der Waals surface area contributed by atoms with Gasteiger partial charge in [-0.3, -0.25) is 4.40 Å². The van der Waals surface area contributed by atoms with Crippen LogP contribution in [-0.4, -0.2) is 50.1 Å². The van der Waals surface area contributed by atoms with E-state index in [9.17, 15) is 9.90 Å². The van der Waals surface area contributed by atoms with Gasteiger partial charge in [-0.2, -0.15) is 0 Å². The Balaban J connectivity index is 2.05. The van der Waals surface area contributed by atoms with Crippen LogP contribution in [0.15, 0.2) is 22.0 Å². The second-order valence-electron chi connectivity index (χ2n) is 6.58. The summed E-state index contributed by atoms with van der Waals surface area (Å²) in [5.41, 5.74) is 1.09. The van der Waals surface area contributed by atoms with Gasteiger partial charge < -0.3 is 15.2 Å². The number of imidazole rings is 1. The Kier molecular flexibility index (Phi) is 6.70. The van der Waals surface area contributed by atoms with Crippen LogP contribution >= 0.6 is 27.7 Å². The molecule has 2 aromatic heterocycles. The minimum atomic E-state index is -0.572. The predicted octanol–water partition coefficient (Wildman–Crippen LogP) is 3.03. The molecule has 0 aromatic carbocycles. The molecule has 2 rings (SSSR count). The molecule has 138 valence electrons. The number of amides is 1. The van der Waals surface area contributed by atoms with Crippen LogP contribution < -0.4 is 5.32 Å². The molecular weight excluding hydrogens is 408 g/mol. The highest BCUT2D eigenvalue weighted by atomic mass is 79.9. The lowest BCUT2D eigenvalue weighted by Crippen LogP contribution is -2.41. The first-order valence-electron chi connectivity index (χ1n) is 7.90. The molecular formula is C16H23BrN4O3S. The van der Waals surface area contributed by atoms with Gasteiger partial charge in [0.1, 0.15) is 15.2 Å². The highest BCUT2D eigenvalue weighted by Crippen LogP contribution is 2.23. The first-order valence-corrected chi connectivity index (χ1v) is 9.92. The Bertz CT molecular complexity index is 745. The minimum absolute atomic E-state index is 0.161. The number of fused-ring (bicyclic) bond motifs is 1. The van der Waals surface area contributed by atoms with Crippen molar-refractivity contribution in [1.29, 1.82) is 0 Å². The van der Waals surface area contributed by atoms with E-state index in [0.717, 1.165) is 21.0 Å². The van der Waals surface area contributed by atoms with Crippen molar-refractivity contribution in [2.75, 3.05) is 12.9 Å². The monoisotopic (exact) mass is 430 g/mol. The van der Waals surface area contributed by atoms with E-state index in [0.29, 0.717) is 12.8 Å². The number of nitrogens with one attached hydrogen (secondary N) is 1. The van der Waals surface area contributed by atoms with Crippen LogP contribution in [-0.2, 0) is 11.2 Å². The number of halogens is 1. The highest BCUT2D eigenvalue weighted by molar-refractivity contribution is 9.10. The molecule has 1 amide bonds. The lowest BCUT2D eigenvalue weighted by atomic mass is 10.1. The van der Waals surface area contributed by atoms with E-state index in [2.05, 4.69) is 31.2 Å². The summed E-state index contributed by atoms with van der Waals surface area (Å²) in [6.45, 7) is 5.23. The van der Waals surface area contributed by atoms with Gasteiger partial charge in [-0.25, -0.2) is 14.8 Å². The normalized spacial score (nSPS) is 13.0. The summed E-state index contributed by atoms with van der Waals surface area (Å²) >= 11 is 5.00. The van der Waals surface area contributed by atoms with Gasteiger partial charge in [0, 0.05) is 6.20 Å². The van der Waals surface area contributed by atoms with Gasteiger partial charge in [-0.05, 0) is 55.8 Å². The number of rotatable bonds is 6. The Hall–Kier alpha value is -1.32. The van der Waals surface area contributed by atoms with Gasteiger partial charge in [0.25, 0.3) is 0 Å². The van der Waals surface area contributed by atoms with Crippen molar-refractivity contribution in [2.24, 2.45) is 0 Å². The number of hydrogen-bond donors (Lipinski definition) is 2. The Morgan fingerprint density at radius 1 is 1.52 bits per heavy atom. The van der Waals surface area contributed by atoms with Crippen molar-refractivity contribution in [3.8, 4) is 0 Å². The van der Waals surface area contributed by atoms with Crippen LogP contribution in [0, 0.1) is 0 Å². The summed E-state index contributed by atoms with van der Waals surface area (Å²) in [7, 11) is 0. The smallest absolute Gasteiger partial charge is 0.407 e. The van der Waals surface area contributed by atoms with Crippen molar-refractivity contribution in [2.45, 2.75) is 50.3 Å². The second-order valence-corrected chi connectivity index (χ2v) is 8.19. The second kappa shape index (κ2) is 8.37. The average molecular weight is 431 g/mol. The minimum Gasteiger partial charge on any atom is -0.444 e. The molecule has 0 bridgehead atoms. The number of alkyl carbamates (subject to hydrolysis) is 1. The van der Waals surface area contributed by atoms with Crippen LogP contribution in [0.4, 0.5) is 4.79 Å². The molecule has 25 heavy (non-hydrogen) atoms. The molecule has 0 fully saturated rings. The third kappa shape index (κ3) is 5.58. The molecule has 0 aliphatic heterocycles. The third-order valence-corrected chi connectivity index (χ3v) is 4.60. The topological polar surface area (TPSA) is 88.8 Å². The van der Waals surface area contributed by atoms with Crippen molar-refractivity contribution in [3.05, 3.63) is 22.7 Å². The van der Waals surface area contributed by atoms with E-state index in [4.69, 9.17) is 4.74 Å². The number of aromatic nitrogens is 3. The van der Waals surface area contributed by atoms with E-state index < -0.39 is 17.7 Å². The van der Waals surface area contributed by atoms with Crippen molar-refractivity contribution in [3.63, 3.8) is 0 Å². The zero-order valence-corrected chi connectivity index (χ0v) is 17.1. The maximum atomic E-state index is 11.8. The molecule has 1 atom stereocenters. The number of ether oxygens (including phenoxy) is 1. The predicted molar refractivity (Wildman–Crippen MR) is 101 cm³/mol.